The van der Waals surface area contributed by atoms with Crippen molar-refractivity contribution in [2.75, 3.05) is 6.54 Å². The van der Waals surface area contributed by atoms with E-state index in [9.17, 15) is 13.2 Å². The standard InChI is InChI=1S/C17H28F3N/c1-3-21-14(4-5-17(18,19)20)16-9-12-6-13(10-16)8-15(2,7-12)11-16/h12-14,21H,3-11H2,1-2H3. The highest BCUT2D eigenvalue weighted by Crippen LogP contribution is 2.66. The molecule has 0 amide bonds. The van der Waals surface area contributed by atoms with Crippen LogP contribution in [0.2, 0.25) is 0 Å². The maximum absolute atomic E-state index is 12.7. The summed E-state index contributed by atoms with van der Waals surface area (Å²) < 4.78 is 38.0. The van der Waals surface area contributed by atoms with Crippen LogP contribution in [0, 0.1) is 22.7 Å². The summed E-state index contributed by atoms with van der Waals surface area (Å²) in [7, 11) is 0. The lowest BCUT2D eigenvalue weighted by Crippen LogP contribution is -2.58. The molecule has 3 atom stereocenters. The number of hydrogen-bond donors (Lipinski definition) is 1. The third-order valence-electron chi connectivity index (χ3n) is 6.31. The van der Waals surface area contributed by atoms with Crippen molar-refractivity contribution in [1.82, 2.24) is 5.32 Å². The summed E-state index contributed by atoms with van der Waals surface area (Å²) >= 11 is 0. The minimum absolute atomic E-state index is 0.0503. The van der Waals surface area contributed by atoms with Crippen LogP contribution in [0.5, 0.6) is 0 Å². The van der Waals surface area contributed by atoms with Crippen LogP contribution in [0.15, 0.2) is 0 Å². The lowest BCUT2D eigenvalue weighted by atomic mass is 9.43. The van der Waals surface area contributed by atoms with Crippen LogP contribution in [0.4, 0.5) is 13.2 Å². The average Bonchev–Trinajstić information content (AvgIpc) is 2.29. The highest BCUT2D eigenvalue weighted by atomic mass is 19.4. The monoisotopic (exact) mass is 303 g/mol. The van der Waals surface area contributed by atoms with Gasteiger partial charge >= 0.3 is 6.18 Å². The molecule has 1 N–H and O–H groups in total. The van der Waals surface area contributed by atoms with Crippen molar-refractivity contribution < 1.29 is 13.2 Å². The van der Waals surface area contributed by atoms with Gasteiger partial charge in [-0.05, 0) is 74.2 Å². The lowest BCUT2D eigenvalue weighted by molar-refractivity contribution is -0.149. The Labute approximate surface area is 126 Å². The Morgan fingerprint density at radius 3 is 2.24 bits per heavy atom. The molecule has 0 heterocycles. The number of hydrogen-bond acceptors (Lipinski definition) is 1. The second kappa shape index (κ2) is 5.14. The summed E-state index contributed by atoms with van der Waals surface area (Å²) in [5.41, 5.74) is 0.538. The molecule has 4 fully saturated rings. The zero-order valence-electron chi connectivity index (χ0n) is 13.2. The van der Waals surface area contributed by atoms with E-state index >= 15 is 0 Å². The van der Waals surface area contributed by atoms with Gasteiger partial charge in [-0.15, -0.1) is 0 Å². The van der Waals surface area contributed by atoms with Crippen molar-refractivity contribution >= 4 is 0 Å². The first-order valence-electron chi connectivity index (χ1n) is 8.54. The normalized spacial score (nSPS) is 43.3. The van der Waals surface area contributed by atoms with Crippen molar-refractivity contribution in [3.05, 3.63) is 0 Å². The van der Waals surface area contributed by atoms with E-state index in [-0.39, 0.29) is 17.9 Å². The number of halogens is 3. The smallest absolute Gasteiger partial charge is 0.314 e. The van der Waals surface area contributed by atoms with Gasteiger partial charge in [0.25, 0.3) is 0 Å². The Hall–Kier alpha value is -0.250. The molecule has 122 valence electrons. The maximum atomic E-state index is 12.7. The molecule has 4 heteroatoms. The maximum Gasteiger partial charge on any atom is 0.389 e. The molecule has 4 aliphatic rings. The first-order valence-corrected chi connectivity index (χ1v) is 8.54. The average molecular weight is 303 g/mol. The van der Waals surface area contributed by atoms with Gasteiger partial charge in [-0.1, -0.05) is 13.8 Å². The van der Waals surface area contributed by atoms with Gasteiger partial charge in [0.1, 0.15) is 0 Å². The molecule has 0 radical (unpaired) electrons. The number of nitrogens with one attached hydrogen (secondary N) is 1. The first kappa shape index (κ1) is 15.6. The second-order valence-corrected chi connectivity index (χ2v) is 8.40. The van der Waals surface area contributed by atoms with Crippen LogP contribution < -0.4 is 5.32 Å². The van der Waals surface area contributed by atoms with E-state index < -0.39 is 12.6 Å². The van der Waals surface area contributed by atoms with Crippen molar-refractivity contribution in [3.63, 3.8) is 0 Å². The molecule has 21 heavy (non-hydrogen) atoms. The molecule has 1 nitrogen and oxygen atoms in total. The first-order chi connectivity index (χ1) is 9.74. The van der Waals surface area contributed by atoms with Gasteiger partial charge in [-0.3, -0.25) is 0 Å². The molecule has 0 saturated heterocycles. The Bertz CT molecular complexity index is 376. The third kappa shape index (κ3) is 3.11. The van der Waals surface area contributed by atoms with Crippen LogP contribution in [0.1, 0.15) is 65.2 Å². The Kier molecular flexibility index (Phi) is 3.83. The van der Waals surface area contributed by atoms with Crippen LogP contribution >= 0.6 is 0 Å². The minimum atomic E-state index is -4.03. The molecule has 4 saturated carbocycles. The van der Waals surface area contributed by atoms with Crippen LogP contribution in [-0.4, -0.2) is 18.8 Å². The van der Waals surface area contributed by atoms with Gasteiger partial charge in [0.05, 0.1) is 0 Å². The van der Waals surface area contributed by atoms with E-state index in [1.165, 1.54) is 19.3 Å². The van der Waals surface area contributed by atoms with Crippen molar-refractivity contribution in [3.8, 4) is 0 Å². The molecule has 4 bridgehead atoms. The second-order valence-electron chi connectivity index (χ2n) is 8.40. The fourth-order valence-electron chi connectivity index (χ4n) is 6.38. The van der Waals surface area contributed by atoms with E-state index in [0.717, 1.165) is 37.6 Å². The van der Waals surface area contributed by atoms with Crippen LogP contribution in [0.3, 0.4) is 0 Å². The lowest BCUT2D eigenvalue weighted by Gasteiger charge is -2.63. The largest absolute Gasteiger partial charge is 0.389 e. The van der Waals surface area contributed by atoms with Crippen LogP contribution in [0.25, 0.3) is 0 Å². The predicted molar refractivity (Wildman–Crippen MR) is 78.0 cm³/mol. The molecular formula is C17H28F3N. The zero-order valence-corrected chi connectivity index (χ0v) is 13.2. The van der Waals surface area contributed by atoms with Crippen LogP contribution in [-0.2, 0) is 0 Å². The van der Waals surface area contributed by atoms with Crippen molar-refractivity contribution in [2.45, 2.75) is 77.4 Å². The SMILES string of the molecule is CCNC(CCC(F)(F)F)C12CC3CC(CC(C)(C3)C1)C2. The van der Waals surface area contributed by atoms with Crippen molar-refractivity contribution in [2.24, 2.45) is 22.7 Å². The van der Waals surface area contributed by atoms with E-state index in [0.29, 0.717) is 5.41 Å². The van der Waals surface area contributed by atoms with E-state index in [4.69, 9.17) is 0 Å². The van der Waals surface area contributed by atoms with Gasteiger partial charge in [-0.2, -0.15) is 13.2 Å². The molecular weight excluding hydrogens is 275 g/mol. The van der Waals surface area contributed by atoms with Gasteiger partial charge in [-0.25, -0.2) is 0 Å². The Morgan fingerprint density at radius 2 is 1.76 bits per heavy atom. The molecule has 0 aromatic heterocycles. The molecule has 0 aromatic carbocycles. The van der Waals surface area contributed by atoms with Gasteiger partial charge < -0.3 is 5.32 Å². The number of rotatable bonds is 5. The van der Waals surface area contributed by atoms with E-state index in [1.807, 2.05) is 6.92 Å². The third-order valence-corrected chi connectivity index (χ3v) is 6.31. The molecule has 0 aliphatic heterocycles. The topological polar surface area (TPSA) is 12.0 Å². The number of alkyl halides is 3. The molecule has 4 rings (SSSR count). The highest BCUT2D eigenvalue weighted by molar-refractivity contribution is 5.09. The molecule has 0 spiro atoms. The molecule has 0 aromatic rings. The summed E-state index contributed by atoms with van der Waals surface area (Å²) in [6, 6.07) is 0.0503. The molecule has 4 aliphatic carbocycles. The Morgan fingerprint density at radius 1 is 1.14 bits per heavy atom. The summed E-state index contributed by atoms with van der Waals surface area (Å²) in [6.07, 6.45) is 3.00. The van der Waals surface area contributed by atoms with E-state index in [1.54, 1.807) is 0 Å². The Balaban J connectivity index is 1.78. The highest BCUT2D eigenvalue weighted by Gasteiger charge is 2.58. The summed E-state index contributed by atoms with van der Waals surface area (Å²) in [6.45, 7) is 5.17. The summed E-state index contributed by atoms with van der Waals surface area (Å²) in [4.78, 5) is 0. The van der Waals surface area contributed by atoms with Gasteiger partial charge in [0, 0.05) is 12.5 Å². The summed E-state index contributed by atoms with van der Waals surface area (Å²) in [5.74, 6) is 1.53. The fourth-order valence-corrected chi connectivity index (χ4v) is 6.38. The fraction of sp³-hybridized carbons (Fsp3) is 1.00. The zero-order chi connectivity index (χ0) is 15.3. The van der Waals surface area contributed by atoms with Crippen molar-refractivity contribution in [1.29, 1.82) is 0 Å². The molecule has 3 unspecified atom stereocenters. The van der Waals surface area contributed by atoms with Gasteiger partial charge in [0.15, 0.2) is 0 Å². The quantitative estimate of drug-likeness (QED) is 0.760. The predicted octanol–water partition coefficient (Wildman–Crippen LogP) is 4.91. The van der Waals surface area contributed by atoms with Gasteiger partial charge in [0.2, 0.25) is 0 Å². The van der Waals surface area contributed by atoms with E-state index in [2.05, 4.69) is 12.2 Å². The summed E-state index contributed by atoms with van der Waals surface area (Å²) in [5, 5.41) is 3.43. The minimum Gasteiger partial charge on any atom is -0.314 e.